The molecule has 5 nitrogen and oxygen atoms in total. The van der Waals surface area contributed by atoms with Crippen LogP contribution in [0.3, 0.4) is 0 Å². The van der Waals surface area contributed by atoms with Crippen LogP contribution in [0.4, 0.5) is 0 Å². The van der Waals surface area contributed by atoms with Gasteiger partial charge in [0.25, 0.3) is 0 Å². The summed E-state index contributed by atoms with van der Waals surface area (Å²) in [5, 5.41) is 3.39. The fourth-order valence-corrected chi connectivity index (χ4v) is 4.23. The zero-order valence-electron chi connectivity index (χ0n) is 13.5. The molecule has 1 heterocycles. The third kappa shape index (κ3) is 4.68. The molecule has 1 aliphatic heterocycles. The topological polar surface area (TPSA) is 66.5 Å². The second-order valence-corrected chi connectivity index (χ2v) is 8.67. The molecule has 1 amide bonds. The van der Waals surface area contributed by atoms with Gasteiger partial charge in [-0.3, -0.25) is 4.79 Å². The van der Waals surface area contributed by atoms with Crippen LogP contribution in [-0.2, 0) is 14.8 Å². The van der Waals surface area contributed by atoms with Gasteiger partial charge in [0.1, 0.15) is 0 Å². The summed E-state index contributed by atoms with van der Waals surface area (Å²) in [7, 11) is -3.58. The Labute approximate surface area is 143 Å². The van der Waals surface area contributed by atoms with Gasteiger partial charge in [0, 0.05) is 24.7 Å². The average molecular weight is 359 g/mol. The predicted molar refractivity (Wildman–Crippen MR) is 90.8 cm³/mol. The lowest BCUT2D eigenvalue weighted by Gasteiger charge is -2.31. The molecule has 1 atom stereocenters. The Hall–Kier alpha value is -1.11. The van der Waals surface area contributed by atoms with Gasteiger partial charge in [-0.2, -0.15) is 4.31 Å². The number of carbonyl (C=O) groups excluding carboxylic acids is 1. The Balaban J connectivity index is 2.08. The maximum atomic E-state index is 12.7. The number of nitrogens with one attached hydrogen (secondary N) is 1. The van der Waals surface area contributed by atoms with Crippen molar-refractivity contribution in [2.75, 3.05) is 19.6 Å². The highest BCUT2D eigenvalue weighted by Gasteiger charge is 2.33. The van der Waals surface area contributed by atoms with Crippen LogP contribution in [0.5, 0.6) is 0 Å². The van der Waals surface area contributed by atoms with Crippen molar-refractivity contribution in [2.24, 2.45) is 11.8 Å². The smallest absolute Gasteiger partial charge is 0.243 e. The Morgan fingerprint density at radius 2 is 2.00 bits per heavy atom. The molecule has 0 aromatic heterocycles. The molecule has 7 heteroatoms. The summed E-state index contributed by atoms with van der Waals surface area (Å²) < 4.78 is 26.8. The number of carbonyl (C=O) groups is 1. The number of nitrogens with zero attached hydrogens (tertiary/aromatic N) is 1. The maximum absolute atomic E-state index is 12.7. The molecule has 1 aliphatic rings. The molecule has 1 fully saturated rings. The van der Waals surface area contributed by atoms with Crippen LogP contribution >= 0.6 is 11.6 Å². The number of piperidine rings is 1. The van der Waals surface area contributed by atoms with Crippen molar-refractivity contribution in [1.29, 1.82) is 0 Å². The molecule has 1 N–H and O–H groups in total. The van der Waals surface area contributed by atoms with Gasteiger partial charge in [-0.1, -0.05) is 25.4 Å². The van der Waals surface area contributed by atoms with E-state index in [-0.39, 0.29) is 23.3 Å². The van der Waals surface area contributed by atoms with Crippen molar-refractivity contribution in [3.05, 3.63) is 29.3 Å². The fraction of sp³-hybridized carbons (Fsp3) is 0.562. The highest BCUT2D eigenvalue weighted by Crippen LogP contribution is 2.24. The van der Waals surface area contributed by atoms with E-state index in [1.54, 1.807) is 12.1 Å². The Morgan fingerprint density at radius 3 is 2.61 bits per heavy atom. The Kier molecular flexibility index (Phi) is 6.06. The number of halogens is 1. The lowest BCUT2D eigenvalue weighted by Crippen LogP contribution is -2.45. The largest absolute Gasteiger partial charge is 0.356 e. The molecule has 128 valence electrons. The van der Waals surface area contributed by atoms with Crippen LogP contribution in [0.25, 0.3) is 0 Å². The van der Waals surface area contributed by atoms with E-state index in [0.29, 0.717) is 30.5 Å². The lowest BCUT2D eigenvalue weighted by atomic mass is 9.98. The summed E-state index contributed by atoms with van der Waals surface area (Å²) in [6.45, 7) is 5.34. The zero-order chi connectivity index (χ0) is 17.0. The number of hydrogen-bond acceptors (Lipinski definition) is 3. The standard InChI is InChI=1S/C16H23ClN2O3S/c1-12(2)10-18-16(20)13-4-3-9-19(11-13)23(21,22)15-7-5-14(17)6-8-15/h5-8,12-13H,3-4,9-11H2,1-2H3,(H,18,20). The van der Waals surface area contributed by atoms with Gasteiger partial charge in [0.15, 0.2) is 0 Å². The third-order valence-corrected chi connectivity index (χ3v) is 6.02. The average Bonchev–Trinajstić information content (AvgIpc) is 2.53. The molecule has 0 saturated carbocycles. The van der Waals surface area contributed by atoms with Crippen LogP contribution in [0.15, 0.2) is 29.2 Å². The number of benzene rings is 1. The van der Waals surface area contributed by atoms with Gasteiger partial charge in [-0.05, 0) is 43.0 Å². The predicted octanol–water partition coefficient (Wildman–Crippen LogP) is 2.51. The van der Waals surface area contributed by atoms with Crippen molar-refractivity contribution in [3.63, 3.8) is 0 Å². The molecule has 0 bridgehead atoms. The van der Waals surface area contributed by atoms with Crippen molar-refractivity contribution >= 4 is 27.5 Å². The first kappa shape index (κ1) is 18.2. The van der Waals surface area contributed by atoms with Crippen LogP contribution in [0, 0.1) is 11.8 Å². The van der Waals surface area contributed by atoms with Crippen molar-refractivity contribution in [3.8, 4) is 0 Å². The summed E-state index contributed by atoms with van der Waals surface area (Å²) in [5.74, 6) is 0.0238. The second kappa shape index (κ2) is 7.64. The molecule has 0 spiro atoms. The van der Waals surface area contributed by atoms with Crippen LogP contribution in [0.1, 0.15) is 26.7 Å². The molecule has 1 saturated heterocycles. The first-order valence-electron chi connectivity index (χ1n) is 7.84. The van der Waals surface area contributed by atoms with E-state index in [2.05, 4.69) is 5.32 Å². The molecular formula is C16H23ClN2O3S. The van der Waals surface area contributed by atoms with Gasteiger partial charge in [0.2, 0.25) is 15.9 Å². The molecule has 0 aliphatic carbocycles. The molecule has 1 unspecified atom stereocenters. The molecule has 1 aromatic rings. The SMILES string of the molecule is CC(C)CNC(=O)C1CCCN(S(=O)(=O)c2ccc(Cl)cc2)C1. The summed E-state index contributed by atoms with van der Waals surface area (Å²) in [6.07, 6.45) is 1.41. The van der Waals surface area contributed by atoms with Gasteiger partial charge in [0.05, 0.1) is 10.8 Å². The quantitative estimate of drug-likeness (QED) is 0.879. The normalized spacial score (nSPS) is 19.7. The zero-order valence-corrected chi connectivity index (χ0v) is 15.0. The van der Waals surface area contributed by atoms with Crippen molar-refractivity contribution in [2.45, 2.75) is 31.6 Å². The minimum atomic E-state index is -3.58. The van der Waals surface area contributed by atoms with Gasteiger partial charge < -0.3 is 5.32 Å². The summed E-state index contributed by atoms with van der Waals surface area (Å²) in [4.78, 5) is 12.4. The summed E-state index contributed by atoms with van der Waals surface area (Å²) >= 11 is 5.81. The number of hydrogen-bond donors (Lipinski definition) is 1. The van der Waals surface area contributed by atoms with Crippen LogP contribution < -0.4 is 5.32 Å². The van der Waals surface area contributed by atoms with E-state index >= 15 is 0 Å². The van der Waals surface area contributed by atoms with Gasteiger partial charge in [-0.15, -0.1) is 0 Å². The van der Waals surface area contributed by atoms with Crippen LogP contribution in [0.2, 0.25) is 5.02 Å². The molecular weight excluding hydrogens is 336 g/mol. The minimum Gasteiger partial charge on any atom is -0.356 e. The fourth-order valence-electron chi connectivity index (χ4n) is 2.58. The summed E-state index contributed by atoms with van der Waals surface area (Å²) in [5.41, 5.74) is 0. The molecule has 0 radical (unpaired) electrons. The number of sulfonamides is 1. The van der Waals surface area contributed by atoms with Crippen LogP contribution in [-0.4, -0.2) is 38.3 Å². The van der Waals surface area contributed by atoms with Gasteiger partial charge >= 0.3 is 0 Å². The van der Waals surface area contributed by atoms with Crippen molar-refractivity contribution in [1.82, 2.24) is 9.62 Å². The Morgan fingerprint density at radius 1 is 1.35 bits per heavy atom. The van der Waals surface area contributed by atoms with E-state index in [0.717, 1.165) is 6.42 Å². The summed E-state index contributed by atoms with van der Waals surface area (Å²) in [6, 6.07) is 6.12. The highest BCUT2D eigenvalue weighted by atomic mass is 35.5. The van der Waals surface area contributed by atoms with E-state index in [4.69, 9.17) is 11.6 Å². The van der Waals surface area contributed by atoms with E-state index in [9.17, 15) is 13.2 Å². The van der Waals surface area contributed by atoms with E-state index in [1.165, 1.54) is 16.4 Å². The monoisotopic (exact) mass is 358 g/mol. The maximum Gasteiger partial charge on any atom is 0.243 e. The Bertz CT molecular complexity index is 644. The van der Waals surface area contributed by atoms with E-state index in [1.807, 2.05) is 13.8 Å². The second-order valence-electron chi connectivity index (χ2n) is 6.30. The molecule has 1 aromatic carbocycles. The first-order valence-corrected chi connectivity index (χ1v) is 9.66. The minimum absolute atomic E-state index is 0.0605. The third-order valence-electron chi connectivity index (χ3n) is 3.89. The number of rotatable bonds is 5. The van der Waals surface area contributed by atoms with Gasteiger partial charge in [-0.25, -0.2) is 8.42 Å². The number of amides is 1. The lowest BCUT2D eigenvalue weighted by molar-refractivity contribution is -0.126. The molecule has 23 heavy (non-hydrogen) atoms. The van der Waals surface area contributed by atoms with E-state index < -0.39 is 10.0 Å². The van der Waals surface area contributed by atoms with Crippen molar-refractivity contribution < 1.29 is 13.2 Å². The highest BCUT2D eigenvalue weighted by molar-refractivity contribution is 7.89. The first-order chi connectivity index (χ1) is 10.8. The molecule has 2 rings (SSSR count).